The van der Waals surface area contributed by atoms with Crippen LogP contribution in [0.2, 0.25) is 0 Å². The molecule has 4 rings (SSSR count). The monoisotopic (exact) mass is 496 g/mol. The lowest BCUT2D eigenvalue weighted by Gasteiger charge is -2.25. The van der Waals surface area contributed by atoms with Crippen molar-refractivity contribution in [3.05, 3.63) is 60.0 Å². The molecule has 0 bridgehead atoms. The number of anilines is 1. The van der Waals surface area contributed by atoms with Crippen molar-refractivity contribution in [2.24, 2.45) is 0 Å². The van der Waals surface area contributed by atoms with Gasteiger partial charge in [0.15, 0.2) is 0 Å². The fraction of sp³-hybridized carbons (Fsp3) is 0.423. The molecule has 1 N–H and O–H groups in total. The van der Waals surface area contributed by atoms with Gasteiger partial charge >= 0.3 is 0 Å². The van der Waals surface area contributed by atoms with Gasteiger partial charge in [0.2, 0.25) is 27.6 Å². The largest absolute Gasteiger partial charge is 0.338 e. The van der Waals surface area contributed by atoms with Crippen molar-refractivity contribution in [3.8, 4) is 11.4 Å². The molecule has 0 unspecified atom stereocenters. The number of nitrogens with one attached hydrogen (secondary N) is 1. The van der Waals surface area contributed by atoms with Crippen LogP contribution >= 0.6 is 0 Å². The van der Waals surface area contributed by atoms with Crippen molar-refractivity contribution < 1.29 is 17.7 Å². The predicted molar refractivity (Wildman–Crippen MR) is 134 cm³/mol. The Hall–Kier alpha value is -3.04. The number of carbonyl (C=O) groups excluding carboxylic acids is 1. The van der Waals surface area contributed by atoms with Crippen LogP contribution in [0, 0.1) is 0 Å². The van der Waals surface area contributed by atoms with Gasteiger partial charge in [0.1, 0.15) is 0 Å². The lowest BCUT2D eigenvalue weighted by atomic mass is 9.97. The van der Waals surface area contributed by atoms with Crippen LogP contribution in [0.1, 0.15) is 57.9 Å². The van der Waals surface area contributed by atoms with Crippen LogP contribution < -0.4 is 5.32 Å². The van der Waals surface area contributed by atoms with Gasteiger partial charge in [0, 0.05) is 36.2 Å². The topological polar surface area (TPSA) is 105 Å². The minimum atomic E-state index is -3.44. The molecule has 35 heavy (non-hydrogen) atoms. The van der Waals surface area contributed by atoms with Crippen LogP contribution in [0.5, 0.6) is 0 Å². The van der Waals surface area contributed by atoms with Gasteiger partial charge in [-0.1, -0.05) is 44.5 Å². The molecule has 2 aromatic carbocycles. The molecule has 0 radical (unpaired) electrons. The standard InChI is InChI=1S/C26H32N4O4S/c1-26(2,3)25-28-24(29-34-25)20-10-12-21(13-11-20)27-23(31)16-9-19-7-14-22(15-8-19)35(32,33)30-17-5-4-6-18-30/h7-8,10-15H,4-6,9,16-18H2,1-3H3,(H,27,31). The van der Waals surface area contributed by atoms with Gasteiger partial charge < -0.3 is 9.84 Å². The Kier molecular flexibility index (Phi) is 7.37. The van der Waals surface area contributed by atoms with E-state index in [1.165, 1.54) is 0 Å². The van der Waals surface area contributed by atoms with Crippen molar-refractivity contribution in [3.63, 3.8) is 0 Å². The van der Waals surface area contributed by atoms with E-state index in [9.17, 15) is 13.2 Å². The second-order valence-electron chi connectivity index (χ2n) is 9.91. The lowest BCUT2D eigenvalue weighted by Crippen LogP contribution is -2.35. The molecule has 9 heteroatoms. The summed E-state index contributed by atoms with van der Waals surface area (Å²) in [6.45, 7) is 7.19. The molecule has 186 valence electrons. The first-order valence-electron chi connectivity index (χ1n) is 12.0. The zero-order valence-electron chi connectivity index (χ0n) is 20.5. The highest BCUT2D eigenvalue weighted by Gasteiger charge is 2.25. The van der Waals surface area contributed by atoms with E-state index in [2.05, 4.69) is 15.5 Å². The summed E-state index contributed by atoms with van der Waals surface area (Å²) >= 11 is 0. The van der Waals surface area contributed by atoms with Gasteiger partial charge in [-0.15, -0.1) is 0 Å². The molecule has 3 aromatic rings. The lowest BCUT2D eigenvalue weighted by molar-refractivity contribution is -0.116. The van der Waals surface area contributed by atoms with Crippen LogP contribution in [0.3, 0.4) is 0 Å². The van der Waals surface area contributed by atoms with Crippen molar-refractivity contribution in [2.45, 2.75) is 63.2 Å². The molecule has 1 aliphatic heterocycles. The van der Waals surface area contributed by atoms with Crippen LogP contribution in [-0.2, 0) is 26.7 Å². The third kappa shape index (κ3) is 6.15. The average Bonchev–Trinajstić information content (AvgIpc) is 3.35. The molecule has 1 fully saturated rings. The molecular formula is C26H32N4O4S. The van der Waals surface area contributed by atoms with E-state index in [1.807, 2.05) is 32.9 Å². The molecule has 8 nitrogen and oxygen atoms in total. The molecule has 2 heterocycles. The first-order chi connectivity index (χ1) is 16.6. The smallest absolute Gasteiger partial charge is 0.243 e. The van der Waals surface area contributed by atoms with Gasteiger partial charge in [0.05, 0.1) is 4.90 Å². The zero-order valence-corrected chi connectivity index (χ0v) is 21.3. The Labute approximate surface area is 206 Å². The summed E-state index contributed by atoms with van der Waals surface area (Å²) < 4.78 is 32.5. The van der Waals surface area contributed by atoms with Crippen LogP contribution in [0.4, 0.5) is 5.69 Å². The molecule has 0 atom stereocenters. The van der Waals surface area contributed by atoms with E-state index in [4.69, 9.17) is 4.52 Å². The zero-order chi connectivity index (χ0) is 25.1. The van der Waals surface area contributed by atoms with Crippen molar-refractivity contribution >= 4 is 21.6 Å². The molecule has 1 aromatic heterocycles. The Bertz CT molecular complexity index is 1250. The molecule has 0 aliphatic carbocycles. The van der Waals surface area contributed by atoms with E-state index in [0.717, 1.165) is 30.4 Å². The summed E-state index contributed by atoms with van der Waals surface area (Å²) in [5, 5.41) is 6.93. The number of piperidine rings is 1. The highest BCUT2D eigenvalue weighted by molar-refractivity contribution is 7.89. The van der Waals surface area contributed by atoms with E-state index >= 15 is 0 Å². The number of aryl methyl sites for hydroxylation is 1. The second kappa shape index (κ2) is 10.3. The number of rotatable bonds is 7. The SMILES string of the molecule is CC(C)(C)c1nc(-c2ccc(NC(=O)CCc3ccc(S(=O)(=O)N4CCCCC4)cc3)cc2)no1. The van der Waals surface area contributed by atoms with Gasteiger partial charge in [-0.3, -0.25) is 4.79 Å². The van der Waals surface area contributed by atoms with Crippen molar-refractivity contribution in [1.82, 2.24) is 14.4 Å². The molecule has 1 saturated heterocycles. The Balaban J connectivity index is 1.30. The van der Waals surface area contributed by atoms with Crippen molar-refractivity contribution in [1.29, 1.82) is 0 Å². The summed E-state index contributed by atoms with van der Waals surface area (Å²) in [6, 6.07) is 14.1. The summed E-state index contributed by atoms with van der Waals surface area (Å²) in [7, 11) is -3.44. The van der Waals surface area contributed by atoms with E-state index in [0.29, 0.717) is 48.2 Å². The maximum absolute atomic E-state index is 12.8. The number of benzene rings is 2. The summed E-state index contributed by atoms with van der Waals surface area (Å²) in [5.74, 6) is 0.970. The number of hydrogen-bond acceptors (Lipinski definition) is 6. The molecule has 1 amide bonds. The molecule has 1 aliphatic rings. The highest BCUT2D eigenvalue weighted by atomic mass is 32.2. The van der Waals surface area contributed by atoms with Crippen LogP contribution in [-0.4, -0.2) is 41.9 Å². The number of hydrogen-bond donors (Lipinski definition) is 1. The molecular weight excluding hydrogens is 464 g/mol. The average molecular weight is 497 g/mol. The number of nitrogens with zero attached hydrogens (tertiary/aromatic N) is 3. The quantitative estimate of drug-likeness (QED) is 0.505. The normalized spacial score (nSPS) is 15.2. The fourth-order valence-corrected chi connectivity index (χ4v) is 5.43. The first-order valence-corrected chi connectivity index (χ1v) is 13.4. The molecule has 0 saturated carbocycles. The number of carbonyl (C=O) groups is 1. The number of aromatic nitrogens is 2. The van der Waals surface area contributed by atoms with E-state index in [-0.39, 0.29) is 11.3 Å². The second-order valence-corrected chi connectivity index (χ2v) is 11.8. The summed E-state index contributed by atoms with van der Waals surface area (Å²) in [4.78, 5) is 17.2. The number of sulfonamides is 1. The minimum absolute atomic E-state index is 0.114. The fourth-order valence-electron chi connectivity index (χ4n) is 3.91. The van der Waals surface area contributed by atoms with Gasteiger partial charge in [0.25, 0.3) is 0 Å². The molecule has 0 spiro atoms. The third-order valence-electron chi connectivity index (χ3n) is 6.01. The predicted octanol–water partition coefficient (Wildman–Crippen LogP) is 4.78. The maximum Gasteiger partial charge on any atom is 0.243 e. The summed E-state index contributed by atoms with van der Waals surface area (Å²) in [6.07, 6.45) is 3.70. The van der Waals surface area contributed by atoms with Crippen LogP contribution in [0.15, 0.2) is 57.9 Å². The Morgan fingerprint density at radius 2 is 1.66 bits per heavy atom. The minimum Gasteiger partial charge on any atom is -0.338 e. The van der Waals surface area contributed by atoms with Gasteiger partial charge in [-0.05, 0) is 61.2 Å². The van der Waals surface area contributed by atoms with Crippen LogP contribution in [0.25, 0.3) is 11.4 Å². The first kappa shape index (κ1) is 25.1. The maximum atomic E-state index is 12.8. The third-order valence-corrected chi connectivity index (χ3v) is 7.92. The number of amides is 1. The Morgan fingerprint density at radius 1 is 1.00 bits per heavy atom. The van der Waals surface area contributed by atoms with Crippen molar-refractivity contribution in [2.75, 3.05) is 18.4 Å². The highest BCUT2D eigenvalue weighted by Crippen LogP contribution is 2.25. The van der Waals surface area contributed by atoms with Gasteiger partial charge in [-0.2, -0.15) is 9.29 Å². The Morgan fingerprint density at radius 3 is 2.26 bits per heavy atom. The summed E-state index contributed by atoms with van der Waals surface area (Å²) in [5.41, 5.74) is 2.18. The van der Waals surface area contributed by atoms with E-state index in [1.54, 1.807) is 40.7 Å². The van der Waals surface area contributed by atoms with E-state index < -0.39 is 10.0 Å². The van der Waals surface area contributed by atoms with Gasteiger partial charge in [-0.25, -0.2) is 8.42 Å².